The van der Waals surface area contributed by atoms with Gasteiger partial charge in [-0.25, -0.2) is 4.99 Å². The highest BCUT2D eigenvalue weighted by atomic mass is 79.9. The van der Waals surface area contributed by atoms with Crippen LogP contribution < -0.4 is 0 Å². The van der Waals surface area contributed by atoms with E-state index in [2.05, 4.69) is 56.3 Å². The lowest BCUT2D eigenvalue weighted by molar-refractivity contribution is 0.362. The molecule has 6 nitrogen and oxygen atoms in total. The number of aromatic nitrogens is 2. The lowest BCUT2D eigenvalue weighted by Crippen LogP contribution is -2.32. The van der Waals surface area contributed by atoms with Crippen LogP contribution in [0, 0.1) is 28.6 Å². The summed E-state index contributed by atoms with van der Waals surface area (Å²) in [6.07, 6.45) is 4.76. The van der Waals surface area contributed by atoms with E-state index in [1.807, 2.05) is 12.1 Å². The standard InChI is InChI=1S/C20H17BrN6/c1-27-7-5-12(6-8-27)19-15(10-23)17(16-11-24-26-20(16)25-19)14-4-2-3-13(9-22)18(14)21/h2-5,11,15,17H,6-8H2,1H3,(H,24,26). The van der Waals surface area contributed by atoms with Crippen molar-refractivity contribution in [1.82, 2.24) is 15.1 Å². The second kappa shape index (κ2) is 7.11. The van der Waals surface area contributed by atoms with E-state index in [9.17, 15) is 10.5 Å². The van der Waals surface area contributed by atoms with Gasteiger partial charge in [0.15, 0.2) is 5.82 Å². The summed E-state index contributed by atoms with van der Waals surface area (Å²) >= 11 is 3.57. The van der Waals surface area contributed by atoms with Crippen LogP contribution in [0.4, 0.5) is 5.82 Å². The van der Waals surface area contributed by atoms with Crippen molar-refractivity contribution >= 4 is 27.5 Å². The van der Waals surface area contributed by atoms with Crippen LogP contribution in [0.2, 0.25) is 0 Å². The maximum Gasteiger partial charge on any atom is 0.152 e. The molecule has 0 saturated carbocycles. The summed E-state index contributed by atoms with van der Waals surface area (Å²) in [7, 11) is 2.08. The third-order valence-electron chi connectivity index (χ3n) is 5.21. The van der Waals surface area contributed by atoms with E-state index in [-0.39, 0.29) is 5.92 Å². The molecule has 27 heavy (non-hydrogen) atoms. The zero-order valence-corrected chi connectivity index (χ0v) is 16.4. The van der Waals surface area contributed by atoms with Gasteiger partial charge in [-0.1, -0.05) is 18.2 Å². The van der Waals surface area contributed by atoms with E-state index in [1.54, 1.807) is 12.3 Å². The fourth-order valence-corrected chi connectivity index (χ4v) is 4.37. The van der Waals surface area contributed by atoms with Crippen LogP contribution in [-0.2, 0) is 0 Å². The lowest BCUT2D eigenvalue weighted by Gasteiger charge is -2.31. The molecule has 2 unspecified atom stereocenters. The maximum atomic E-state index is 10.1. The first-order valence-corrected chi connectivity index (χ1v) is 9.51. The minimum atomic E-state index is -0.435. The van der Waals surface area contributed by atoms with Gasteiger partial charge in [0, 0.05) is 29.0 Å². The Kier molecular flexibility index (Phi) is 4.65. The molecular formula is C20H17BrN6. The van der Waals surface area contributed by atoms with Gasteiger partial charge in [0.2, 0.25) is 0 Å². The normalized spacial score (nSPS) is 22.2. The average molecular weight is 421 g/mol. The number of nitriles is 2. The predicted molar refractivity (Wildman–Crippen MR) is 106 cm³/mol. The van der Waals surface area contributed by atoms with Gasteiger partial charge in [-0.2, -0.15) is 15.6 Å². The highest BCUT2D eigenvalue weighted by molar-refractivity contribution is 9.10. The largest absolute Gasteiger partial charge is 0.302 e. The topological polar surface area (TPSA) is 91.9 Å². The molecule has 4 rings (SSSR count). The minimum Gasteiger partial charge on any atom is -0.302 e. The van der Waals surface area contributed by atoms with Gasteiger partial charge in [-0.15, -0.1) is 0 Å². The molecular weight excluding hydrogens is 404 g/mol. The van der Waals surface area contributed by atoms with Gasteiger partial charge in [-0.3, -0.25) is 5.10 Å². The predicted octanol–water partition coefficient (Wildman–Crippen LogP) is 3.66. The van der Waals surface area contributed by atoms with Crippen LogP contribution in [0.1, 0.15) is 29.0 Å². The van der Waals surface area contributed by atoms with Crippen molar-refractivity contribution in [1.29, 1.82) is 10.5 Å². The van der Waals surface area contributed by atoms with E-state index < -0.39 is 5.92 Å². The Balaban J connectivity index is 1.88. The molecule has 0 spiro atoms. The van der Waals surface area contributed by atoms with Crippen molar-refractivity contribution < 1.29 is 0 Å². The van der Waals surface area contributed by atoms with E-state index in [0.29, 0.717) is 11.4 Å². The fourth-order valence-electron chi connectivity index (χ4n) is 3.77. The molecule has 0 saturated heterocycles. The molecule has 0 aliphatic carbocycles. The summed E-state index contributed by atoms with van der Waals surface area (Å²) in [5.41, 5.74) is 4.27. The van der Waals surface area contributed by atoms with Gasteiger partial charge < -0.3 is 4.90 Å². The first kappa shape index (κ1) is 17.7. The van der Waals surface area contributed by atoms with Gasteiger partial charge in [0.25, 0.3) is 0 Å². The molecule has 2 atom stereocenters. The molecule has 1 N–H and O–H groups in total. The Labute approximate surface area is 166 Å². The molecule has 3 heterocycles. The Morgan fingerprint density at radius 2 is 2.15 bits per heavy atom. The lowest BCUT2D eigenvalue weighted by atomic mass is 9.75. The first-order chi connectivity index (χ1) is 13.1. The zero-order valence-electron chi connectivity index (χ0n) is 14.8. The summed E-state index contributed by atoms with van der Waals surface area (Å²) in [5, 5.41) is 26.6. The second-order valence-electron chi connectivity index (χ2n) is 6.82. The number of halogens is 1. The highest BCUT2D eigenvalue weighted by Gasteiger charge is 2.38. The van der Waals surface area contributed by atoms with Gasteiger partial charge in [-0.05, 0) is 46.6 Å². The maximum absolute atomic E-state index is 10.1. The molecule has 0 amide bonds. The van der Waals surface area contributed by atoms with Crippen molar-refractivity contribution in [2.45, 2.75) is 12.3 Å². The minimum absolute atomic E-state index is 0.237. The number of nitrogens with zero attached hydrogens (tertiary/aromatic N) is 5. The van der Waals surface area contributed by atoms with E-state index in [4.69, 9.17) is 4.99 Å². The average Bonchev–Trinajstić information content (AvgIpc) is 3.16. The first-order valence-electron chi connectivity index (χ1n) is 8.72. The third-order valence-corrected chi connectivity index (χ3v) is 6.09. The summed E-state index contributed by atoms with van der Waals surface area (Å²) in [6.45, 7) is 1.79. The number of aromatic amines is 1. The Morgan fingerprint density at radius 3 is 2.85 bits per heavy atom. The molecule has 1 aromatic heterocycles. The van der Waals surface area contributed by atoms with Crippen molar-refractivity contribution in [3.63, 3.8) is 0 Å². The smallest absolute Gasteiger partial charge is 0.152 e. The summed E-state index contributed by atoms with van der Waals surface area (Å²) in [6, 6.07) is 10.3. The number of hydrogen-bond acceptors (Lipinski definition) is 5. The quantitative estimate of drug-likeness (QED) is 0.801. The number of hydrogen-bond donors (Lipinski definition) is 1. The molecule has 7 heteroatoms. The number of nitrogens with one attached hydrogen (secondary N) is 1. The van der Waals surface area contributed by atoms with Crippen LogP contribution in [-0.4, -0.2) is 40.9 Å². The molecule has 2 aliphatic heterocycles. The van der Waals surface area contributed by atoms with Crippen LogP contribution in [0.15, 0.2) is 45.5 Å². The van der Waals surface area contributed by atoms with Gasteiger partial charge in [0.1, 0.15) is 6.07 Å². The van der Waals surface area contributed by atoms with Crippen molar-refractivity contribution in [3.05, 3.63) is 57.2 Å². The summed E-state index contributed by atoms with van der Waals surface area (Å²) in [4.78, 5) is 7.00. The molecule has 2 aromatic rings. The zero-order chi connectivity index (χ0) is 19.0. The molecule has 0 fully saturated rings. The number of likely N-dealkylation sites (N-methyl/N-ethyl adjacent to an activating group) is 1. The van der Waals surface area contributed by atoms with Crippen molar-refractivity contribution in [3.8, 4) is 12.1 Å². The molecule has 1 aromatic carbocycles. The fraction of sp³-hybridized carbons (Fsp3) is 0.300. The van der Waals surface area contributed by atoms with Gasteiger partial charge in [0.05, 0.1) is 29.5 Å². The van der Waals surface area contributed by atoms with Crippen molar-refractivity contribution in [2.75, 3.05) is 20.1 Å². The van der Waals surface area contributed by atoms with Crippen LogP contribution in [0.3, 0.4) is 0 Å². The SMILES string of the molecule is CN1CC=C(C2=Nc3[nH]ncc3C(c3cccc(C#N)c3Br)C2C#N)CC1. The van der Waals surface area contributed by atoms with Gasteiger partial charge >= 0.3 is 0 Å². The molecule has 0 bridgehead atoms. The monoisotopic (exact) mass is 420 g/mol. The van der Waals surface area contributed by atoms with Crippen LogP contribution in [0.25, 0.3) is 0 Å². The number of H-pyrrole nitrogens is 1. The number of benzene rings is 1. The Bertz CT molecular complexity index is 1040. The third kappa shape index (κ3) is 2.99. The number of aliphatic imine (C=N–C) groups is 1. The second-order valence-corrected chi connectivity index (χ2v) is 7.61. The molecule has 134 valence electrons. The molecule has 0 radical (unpaired) electrons. The van der Waals surface area contributed by atoms with E-state index in [1.165, 1.54) is 0 Å². The Morgan fingerprint density at radius 1 is 1.30 bits per heavy atom. The van der Waals surface area contributed by atoms with Crippen LogP contribution in [0.5, 0.6) is 0 Å². The Hall–Kier alpha value is -2.74. The van der Waals surface area contributed by atoms with E-state index >= 15 is 0 Å². The highest BCUT2D eigenvalue weighted by Crippen LogP contribution is 2.45. The number of rotatable bonds is 2. The summed E-state index contributed by atoms with van der Waals surface area (Å²) < 4.78 is 0.725. The molecule has 2 aliphatic rings. The number of fused-ring (bicyclic) bond motifs is 1. The van der Waals surface area contributed by atoms with E-state index in [0.717, 1.165) is 46.4 Å². The summed E-state index contributed by atoms with van der Waals surface area (Å²) in [5.74, 6) is 0.0186. The van der Waals surface area contributed by atoms with Crippen LogP contribution >= 0.6 is 15.9 Å². The van der Waals surface area contributed by atoms with Crippen molar-refractivity contribution in [2.24, 2.45) is 10.9 Å².